The molecule has 0 bridgehead atoms. The lowest BCUT2D eigenvalue weighted by atomic mass is 10.1. The maximum absolute atomic E-state index is 13.0. The van der Waals surface area contributed by atoms with Crippen LogP contribution in [-0.4, -0.2) is 49.2 Å². The fourth-order valence-corrected chi connectivity index (χ4v) is 2.71. The van der Waals surface area contributed by atoms with Gasteiger partial charge in [-0.3, -0.25) is 9.59 Å². The molecule has 2 rings (SSSR count). The predicted octanol–water partition coefficient (Wildman–Crippen LogP) is 2.78. The molecule has 0 aliphatic heterocycles. The largest absolute Gasteiger partial charge is 0.493 e. The van der Waals surface area contributed by atoms with Crippen LogP contribution in [0.3, 0.4) is 0 Å². The first-order valence-corrected chi connectivity index (χ1v) is 8.24. The van der Waals surface area contributed by atoms with Crippen LogP contribution < -0.4 is 9.47 Å². The van der Waals surface area contributed by atoms with Crippen molar-refractivity contribution in [3.8, 4) is 11.5 Å². The lowest BCUT2D eigenvalue weighted by Gasteiger charge is -2.22. The van der Waals surface area contributed by atoms with Crippen molar-refractivity contribution in [1.29, 1.82) is 0 Å². The van der Waals surface area contributed by atoms with E-state index in [-0.39, 0.29) is 12.5 Å². The Morgan fingerprint density at radius 3 is 2.23 bits per heavy atom. The van der Waals surface area contributed by atoms with Crippen molar-refractivity contribution in [2.24, 2.45) is 0 Å². The van der Waals surface area contributed by atoms with Crippen LogP contribution in [0.4, 0.5) is 0 Å². The molecular formula is C20H23NO5. The first-order valence-electron chi connectivity index (χ1n) is 8.24. The Labute approximate surface area is 153 Å². The number of hydrogen-bond acceptors (Lipinski definition) is 4. The highest BCUT2D eigenvalue weighted by Gasteiger charge is 2.22. The molecule has 0 unspecified atom stereocenters. The van der Waals surface area contributed by atoms with Crippen LogP contribution in [0.2, 0.25) is 0 Å². The number of benzene rings is 2. The second-order valence-corrected chi connectivity index (χ2v) is 5.88. The Hall–Kier alpha value is -3.02. The van der Waals surface area contributed by atoms with E-state index in [2.05, 4.69) is 0 Å². The van der Waals surface area contributed by atoms with Crippen molar-refractivity contribution in [3.63, 3.8) is 0 Å². The summed E-state index contributed by atoms with van der Waals surface area (Å²) in [6, 6.07) is 12.9. The zero-order chi connectivity index (χ0) is 19.1. The van der Waals surface area contributed by atoms with Gasteiger partial charge < -0.3 is 19.5 Å². The molecule has 0 saturated heterocycles. The minimum Gasteiger partial charge on any atom is -0.493 e. The number of aliphatic carboxylic acids is 1. The van der Waals surface area contributed by atoms with E-state index >= 15 is 0 Å². The molecule has 0 aliphatic rings. The molecule has 0 heterocycles. The van der Waals surface area contributed by atoms with Gasteiger partial charge in [-0.1, -0.05) is 30.3 Å². The number of amides is 1. The summed E-state index contributed by atoms with van der Waals surface area (Å²) in [5.74, 6) is -0.443. The molecule has 0 radical (unpaired) electrons. The van der Waals surface area contributed by atoms with Crippen molar-refractivity contribution >= 4 is 11.9 Å². The summed E-state index contributed by atoms with van der Waals surface area (Å²) in [5, 5.41) is 9.19. The maximum atomic E-state index is 13.0. The number of carboxylic acids is 1. The smallest absolute Gasteiger partial charge is 0.323 e. The van der Waals surface area contributed by atoms with E-state index in [0.29, 0.717) is 35.6 Å². The molecule has 6 nitrogen and oxygen atoms in total. The number of rotatable bonds is 8. The van der Waals surface area contributed by atoms with E-state index in [9.17, 15) is 14.7 Å². The van der Waals surface area contributed by atoms with E-state index in [1.807, 2.05) is 30.3 Å². The zero-order valence-electron chi connectivity index (χ0n) is 15.2. The van der Waals surface area contributed by atoms with Crippen molar-refractivity contribution in [1.82, 2.24) is 4.90 Å². The molecular weight excluding hydrogens is 334 g/mol. The Kier molecular flexibility index (Phi) is 6.60. The van der Waals surface area contributed by atoms with Gasteiger partial charge in [-0.15, -0.1) is 0 Å². The SMILES string of the molecule is COc1cc(C)c(C(=O)N(CCc2ccccc2)CC(=O)O)cc1OC. The number of ether oxygens (including phenoxy) is 2. The van der Waals surface area contributed by atoms with Crippen LogP contribution in [0, 0.1) is 6.92 Å². The number of methoxy groups -OCH3 is 2. The molecule has 0 fully saturated rings. The maximum Gasteiger partial charge on any atom is 0.323 e. The Bertz CT molecular complexity index is 773. The van der Waals surface area contributed by atoms with Gasteiger partial charge in [0.15, 0.2) is 11.5 Å². The first kappa shape index (κ1) is 19.3. The Balaban J connectivity index is 2.27. The van der Waals surface area contributed by atoms with Gasteiger partial charge in [-0.05, 0) is 36.6 Å². The predicted molar refractivity (Wildman–Crippen MR) is 98.0 cm³/mol. The summed E-state index contributed by atoms with van der Waals surface area (Å²) in [7, 11) is 3.02. The summed E-state index contributed by atoms with van der Waals surface area (Å²) < 4.78 is 10.5. The molecule has 0 aliphatic carbocycles. The number of hydrogen-bond donors (Lipinski definition) is 1. The van der Waals surface area contributed by atoms with Gasteiger partial charge >= 0.3 is 5.97 Å². The third-order valence-corrected chi connectivity index (χ3v) is 4.09. The van der Waals surface area contributed by atoms with E-state index in [0.717, 1.165) is 5.56 Å². The van der Waals surface area contributed by atoms with Crippen molar-refractivity contribution in [2.45, 2.75) is 13.3 Å². The fraction of sp³-hybridized carbons (Fsp3) is 0.300. The van der Waals surface area contributed by atoms with E-state index in [1.165, 1.54) is 19.1 Å². The number of carbonyl (C=O) groups excluding carboxylic acids is 1. The highest BCUT2D eigenvalue weighted by atomic mass is 16.5. The third-order valence-electron chi connectivity index (χ3n) is 4.09. The van der Waals surface area contributed by atoms with E-state index in [1.54, 1.807) is 19.1 Å². The van der Waals surface area contributed by atoms with Gasteiger partial charge in [-0.25, -0.2) is 0 Å². The van der Waals surface area contributed by atoms with E-state index in [4.69, 9.17) is 9.47 Å². The Morgan fingerprint density at radius 1 is 1.04 bits per heavy atom. The van der Waals surface area contributed by atoms with E-state index < -0.39 is 5.97 Å². The van der Waals surface area contributed by atoms with Crippen molar-refractivity contribution in [3.05, 3.63) is 59.2 Å². The fourth-order valence-electron chi connectivity index (χ4n) is 2.71. The molecule has 0 spiro atoms. The second kappa shape index (κ2) is 8.89. The quantitative estimate of drug-likeness (QED) is 0.786. The van der Waals surface area contributed by atoms with Crippen LogP contribution in [0.1, 0.15) is 21.5 Å². The molecule has 26 heavy (non-hydrogen) atoms. The van der Waals surface area contributed by atoms with Gasteiger partial charge in [0.05, 0.1) is 14.2 Å². The van der Waals surface area contributed by atoms with Crippen LogP contribution in [-0.2, 0) is 11.2 Å². The number of nitrogens with zero attached hydrogens (tertiary/aromatic N) is 1. The average molecular weight is 357 g/mol. The first-order chi connectivity index (χ1) is 12.5. The molecule has 0 saturated carbocycles. The van der Waals surface area contributed by atoms with Crippen molar-refractivity contribution in [2.75, 3.05) is 27.3 Å². The molecule has 0 aromatic heterocycles. The van der Waals surface area contributed by atoms with Gasteiger partial charge in [0.2, 0.25) is 0 Å². The van der Waals surface area contributed by atoms with Gasteiger partial charge in [0, 0.05) is 12.1 Å². The average Bonchev–Trinajstić information content (AvgIpc) is 2.64. The normalized spacial score (nSPS) is 10.3. The third kappa shape index (κ3) is 4.75. The van der Waals surface area contributed by atoms with Gasteiger partial charge in [0.1, 0.15) is 6.54 Å². The zero-order valence-corrected chi connectivity index (χ0v) is 15.2. The standard InChI is InChI=1S/C20H23NO5/c1-14-11-17(25-2)18(26-3)12-16(14)20(24)21(13-19(22)23)10-9-15-7-5-4-6-8-15/h4-8,11-12H,9-10,13H2,1-3H3,(H,22,23). The molecule has 0 atom stereocenters. The highest BCUT2D eigenvalue weighted by Crippen LogP contribution is 2.30. The van der Waals surface area contributed by atoms with Crippen LogP contribution in [0.5, 0.6) is 11.5 Å². The lowest BCUT2D eigenvalue weighted by Crippen LogP contribution is -2.37. The minimum atomic E-state index is -1.05. The molecule has 2 aromatic rings. The van der Waals surface area contributed by atoms with Crippen LogP contribution in [0.25, 0.3) is 0 Å². The molecule has 1 amide bonds. The minimum absolute atomic E-state index is 0.308. The summed E-state index contributed by atoms with van der Waals surface area (Å²) in [6.45, 7) is 1.73. The molecule has 1 N–H and O–H groups in total. The monoisotopic (exact) mass is 357 g/mol. The summed E-state index contributed by atoms with van der Waals surface area (Å²) in [4.78, 5) is 25.5. The highest BCUT2D eigenvalue weighted by molar-refractivity contribution is 5.97. The number of aryl methyl sites for hydroxylation is 1. The number of carbonyl (C=O) groups is 2. The summed E-state index contributed by atoms with van der Waals surface area (Å²) in [6.07, 6.45) is 0.576. The molecule has 138 valence electrons. The van der Waals surface area contributed by atoms with Crippen LogP contribution >= 0.6 is 0 Å². The lowest BCUT2D eigenvalue weighted by molar-refractivity contribution is -0.137. The molecule has 6 heteroatoms. The summed E-state index contributed by atoms with van der Waals surface area (Å²) in [5.41, 5.74) is 2.14. The second-order valence-electron chi connectivity index (χ2n) is 5.88. The number of carboxylic acid groups (broad SMARTS) is 1. The molecule has 2 aromatic carbocycles. The topological polar surface area (TPSA) is 76.1 Å². The summed E-state index contributed by atoms with van der Waals surface area (Å²) >= 11 is 0. The van der Waals surface area contributed by atoms with Crippen LogP contribution in [0.15, 0.2) is 42.5 Å². The van der Waals surface area contributed by atoms with Gasteiger partial charge in [0.25, 0.3) is 5.91 Å². The van der Waals surface area contributed by atoms with Gasteiger partial charge in [-0.2, -0.15) is 0 Å². The Morgan fingerprint density at radius 2 is 1.65 bits per heavy atom. The van der Waals surface area contributed by atoms with Crippen molar-refractivity contribution < 1.29 is 24.2 Å².